The van der Waals surface area contributed by atoms with E-state index in [9.17, 15) is 9.59 Å². The molecular weight excluding hydrogens is 460 g/mol. The van der Waals surface area contributed by atoms with Crippen molar-refractivity contribution in [1.82, 2.24) is 9.80 Å². The Kier molecular flexibility index (Phi) is 6.78. The highest BCUT2D eigenvalue weighted by molar-refractivity contribution is 6.30. The Balaban J connectivity index is 1.64. The zero-order chi connectivity index (χ0) is 24.4. The lowest BCUT2D eigenvalue weighted by Gasteiger charge is -2.44. The molecule has 2 aliphatic heterocycles. The van der Waals surface area contributed by atoms with E-state index in [0.29, 0.717) is 17.1 Å². The molecule has 0 aromatic heterocycles. The largest absolute Gasteiger partial charge is 0.497 e. The van der Waals surface area contributed by atoms with Crippen LogP contribution in [0.3, 0.4) is 0 Å². The number of nitrogens with zero attached hydrogens (tertiary/aromatic N) is 2. The van der Waals surface area contributed by atoms with Crippen LogP contribution in [-0.4, -0.2) is 41.8 Å². The van der Waals surface area contributed by atoms with Crippen LogP contribution in [0.2, 0.25) is 5.02 Å². The topological polar surface area (TPSA) is 49.9 Å². The Labute approximate surface area is 211 Å². The maximum absolute atomic E-state index is 14.1. The van der Waals surface area contributed by atoms with Crippen molar-refractivity contribution in [2.75, 3.05) is 20.2 Å². The van der Waals surface area contributed by atoms with Gasteiger partial charge < -0.3 is 14.5 Å². The minimum absolute atomic E-state index is 0.0703. The van der Waals surface area contributed by atoms with Crippen molar-refractivity contribution in [3.05, 3.63) is 100 Å². The van der Waals surface area contributed by atoms with Crippen molar-refractivity contribution < 1.29 is 14.3 Å². The molecule has 3 aromatic carbocycles. The lowest BCUT2D eigenvalue weighted by Crippen LogP contribution is -2.49. The summed E-state index contributed by atoms with van der Waals surface area (Å²) >= 11 is 6.11. The number of likely N-dealkylation sites (tertiary alicyclic amines) is 1. The first kappa shape index (κ1) is 23.4. The highest BCUT2D eigenvalue weighted by atomic mass is 35.5. The minimum atomic E-state index is -0.484. The Bertz CT molecular complexity index is 1200. The standard InChI is InChI=1S/C29H29ClN2O3/c1-35-23-15-11-21(12-16-23)27-26(29(34)31-17-5-2-6-18-31)24-7-3-4-8-25(24)28(33)32(27)19-20-9-13-22(30)14-10-20/h3-4,7-16,26-27H,2,5-6,17-19H2,1H3/t26-,27+/m0/s1. The van der Waals surface area contributed by atoms with Gasteiger partial charge in [0.1, 0.15) is 5.75 Å². The van der Waals surface area contributed by atoms with Crippen molar-refractivity contribution in [2.45, 2.75) is 37.8 Å². The smallest absolute Gasteiger partial charge is 0.255 e. The lowest BCUT2D eigenvalue weighted by molar-refractivity contribution is -0.135. The van der Waals surface area contributed by atoms with E-state index in [4.69, 9.17) is 16.3 Å². The van der Waals surface area contributed by atoms with Gasteiger partial charge in [-0.3, -0.25) is 9.59 Å². The Morgan fingerprint density at radius 3 is 2.31 bits per heavy atom. The second kappa shape index (κ2) is 10.1. The molecule has 0 radical (unpaired) electrons. The summed E-state index contributed by atoms with van der Waals surface area (Å²) < 4.78 is 5.37. The van der Waals surface area contributed by atoms with Crippen LogP contribution in [0.25, 0.3) is 0 Å². The van der Waals surface area contributed by atoms with Gasteiger partial charge in [0.15, 0.2) is 0 Å². The molecule has 5 nitrogen and oxygen atoms in total. The first-order valence-corrected chi connectivity index (χ1v) is 12.5. The van der Waals surface area contributed by atoms with Crippen molar-refractivity contribution in [3.63, 3.8) is 0 Å². The van der Waals surface area contributed by atoms with Crippen LogP contribution in [0, 0.1) is 0 Å². The summed E-state index contributed by atoms with van der Waals surface area (Å²) in [6.45, 7) is 1.90. The minimum Gasteiger partial charge on any atom is -0.497 e. The highest BCUT2D eigenvalue weighted by Crippen LogP contribution is 2.45. The van der Waals surface area contributed by atoms with Gasteiger partial charge in [-0.05, 0) is 66.3 Å². The quantitative estimate of drug-likeness (QED) is 0.453. The summed E-state index contributed by atoms with van der Waals surface area (Å²) in [7, 11) is 1.63. The third-order valence-electron chi connectivity index (χ3n) is 7.10. The van der Waals surface area contributed by atoms with Gasteiger partial charge in [0.25, 0.3) is 5.91 Å². The molecular formula is C29H29ClN2O3. The second-order valence-electron chi connectivity index (χ2n) is 9.23. The molecule has 2 heterocycles. The molecule has 1 fully saturated rings. The summed E-state index contributed by atoms with van der Waals surface area (Å²) in [6.07, 6.45) is 3.18. The summed E-state index contributed by atoms with van der Waals surface area (Å²) in [5, 5.41) is 0.647. The summed E-state index contributed by atoms with van der Waals surface area (Å²) in [6, 6.07) is 22.4. The molecule has 35 heavy (non-hydrogen) atoms. The van der Waals surface area contributed by atoms with E-state index >= 15 is 0 Å². The zero-order valence-electron chi connectivity index (χ0n) is 19.8. The number of ether oxygens (including phenoxy) is 1. The fraction of sp³-hybridized carbons (Fsp3) is 0.310. The van der Waals surface area contributed by atoms with Gasteiger partial charge in [-0.15, -0.1) is 0 Å². The molecule has 1 saturated heterocycles. The Hall–Kier alpha value is -3.31. The van der Waals surface area contributed by atoms with E-state index in [-0.39, 0.29) is 11.8 Å². The summed E-state index contributed by atoms with van der Waals surface area (Å²) in [4.78, 5) is 31.8. The van der Waals surface area contributed by atoms with E-state index < -0.39 is 12.0 Å². The molecule has 0 saturated carbocycles. The first-order valence-electron chi connectivity index (χ1n) is 12.1. The molecule has 2 aliphatic rings. The number of halogens is 1. The first-order chi connectivity index (χ1) is 17.1. The molecule has 0 unspecified atom stereocenters. The van der Waals surface area contributed by atoms with E-state index in [0.717, 1.165) is 54.8 Å². The molecule has 2 amide bonds. The Morgan fingerprint density at radius 2 is 1.63 bits per heavy atom. The van der Waals surface area contributed by atoms with Crippen LogP contribution < -0.4 is 4.74 Å². The predicted molar refractivity (Wildman–Crippen MR) is 137 cm³/mol. The molecule has 180 valence electrons. The van der Waals surface area contributed by atoms with Crippen LogP contribution in [-0.2, 0) is 11.3 Å². The highest BCUT2D eigenvalue weighted by Gasteiger charge is 2.45. The molecule has 2 atom stereocenters. The number of piperidine rings is 1. The maximum Gasteiger partial charge on any atom is 0.255 e. The molecule has 5 rings (SSSR count). The van der Waals surface area contributed by atoms with Crippen LogP contribution >= 0.6 is 11.6 Å². The number of hydrogen-bond acceptors (Lipinski definition) is 3. The van der Waals surface area contributed by atoms with E-state index in [2.05, 4.69) is 0 Å². The van der Waals surface area contributed by atoms with Gasteiger partial charge in [-0.25, -0.2) is 0 Å². The third kappa shape index (κ3) is 4.65. The number of carbonyl (C=O) groups is 2. The lowest BCUT2D eigenvalue weighted by atomic mass is 9.78. The molecule has 0 N–H and O–H groups in total. The van der Waals surface area contributed by atoms with Crippen LogP contribution in [0.1, 0.15) is 58.3 Å². The zero-order valence-corrected chi connectivity index (χ0v) is 20.6. The van der Waals surface area contributed by atoms with Crippen molar-refractivity contribution >= 4 is 23.4 Å². The summed E-state index contributed by atoms with van der Waals surface area (Å²) in [5.74, 6) is 0.271. The van der Waals surface area contributed by atoms with Gasteiger partial charge in [0, 0.05) is 30.2 Å². The summed E-state index contributed by atoms with van der Waals surface area (Å²) in [5.41, 5.74) is 3.28. The fourth-order valence-electron chi connectivity index (χ4n) is 5.30. The van der Waals surface area contributed by atoms with Gasteiger partial charge in [0.2, 0.25) is 5.91 Å². The third-order valence-corrected chi connectivity index (χ3v) is 7.35. The Morgan fingerprint density at radius 1 is 0.943 bits per heavy atom. The van der Waals surface area contributed by atoms with E-state index in [1.807, 2.05) is 82.6 Å². The van der Waals surface area contributed by atoms with Gasteiger partial charge in [-0.2, -0.15) is 0 Å². The molecule has 6 heteroatoms. The van der Waals surface area contributed by atoms with E-state index in [1.165, 1.54) is 0 Å². The fourth-order valence-corrected chi connectivity index (χ4v) is 5.43. The number of rotatable bonds is 5. The molecule has 0 aliphatic carbocycles. The van der Waals surface area contributed by atoms with Crippen molar-refractivity contribution in [2.24, 2.45) is 0 Å². The SMILES string of the molecule is COc1ccc([C@@H]2[C@@H](C(=O)N3CCCCC3)c3ccccc3C(=O)N2Cc2ccc(Cl)cc2)cc1. The number of methoxy groups -OCH3 is 1. The normalized spacial score (nSPS) is 19.9. The van der Waals surface area contributed by atoms with Crippen LogP contribution in [0.15, 0.2) is 72.8 Å². The van der Waals surface area contributed by atoms with Crippen LogP contribution in [0.4, 0.5) is 0 Å². The monoisotopic (exact) mass is 488 g/mol. The number of carbonyl (C=O) groups excluding carboxylic acids is 2. The van der Waals surface area contributed by atoms with Crippen molar-refractivity contribution in [1.29, 1.82) is 0 Å². The predicted octanol–water partition coefficient (Wildman–Crippen LogP) is 5.84. The van der Waals surface area contributed by atoms with Crippen LogP contribution in [0.5, 0.6) is 5.75 Å². The second-order valence-corrected chi connectivity index (χ2v) is 9.66. The molecule has 3 aromatic rings. The van der Waals surface area contributed by atoms with E-state index in [1.54, 1.807) is 7.11 Å². The molecule has 0 spiro atoms. The maximum atomic E-state index is 14.1. The van der Waals surface area contributed by atoms with Gasteiger partial charge in [0.05, 0.1) is 19.1 Å². The number of amides is 2. The van der Waals surface area contributed by atoms with Gasteiger partial charge >= 0.3 is 0 Å². The van der Waals surface area contributed by atoms with Crippen molar-refractivity contribution in [3.8, 4) is 5.75 Å². The average molecular weight is 489 g/mol. The van der Waals surface area contributed by atoms with Gasteiger partial charge in [-0.1, -0.05) is 54.1 Å². The number of hydrogen-bond donors (Lipinski definition) is 0. The number of fused-ring (bicyclic) bond motifs is 1. The average Bonchev–Trinajstić information content (AvgIpc) is 2.91. The molecule has 0 bridgehead atoms. The number of benzene rings is 3.